The maximum Gasteiger partial charge on any atom is 0.422 e. The predicted molar refractivity (Wildman–Crippen MR) is 123 cm³/mol. The van der Waals surface area contributed by atoms with Gasteiger partial charge >= 0.3 is 6.18 Å². The van der Waals surface area contributed by atoms with Crippen LogP contribution in [0.5, 0.6) is 5.75 Å². The largest absolute Gasteiger partial charge is 0.484 e. The summed E-state index contributed by atoms with van der Waals surface area (Å²) in [5.74, 6) is 1.57. The van der Waals surface area contributed by atoms with Crippen LogP contribution in [-0.2, 0) is 13.1 Å². The van der Waals surface area contributed by atoms with Crippen LogP contribution in [0.25, 0.3) is 22.7 Å². The lowest BCUT2D eigenvalue weighted by Crippen LogP contribution is -2.20. The molecule has 0 fully saturated rings. The van der Waals surface area contributed by atoms with E-state index < -0.39 is 12.8 Å². The highest BCUT2D eigenvalue weighted by molar-refractivity contribution is 5.77. The van der Waals surface area contributed by atoms with Crippen LogP contribution >= 0.6 is 0 Å². The van der Waals surface area contributed by atoms with Crippen LogP contribution in [0.4, 0.5) is 13.2 Å². The first-order valence-corrected chi connectivity index (χ1v) is 10.9. The molecule has 2 aromatic heterocycles. The Hall–Kier alpha value is -3.66. The molecule has 0 aliphatic heterocycles. The van der Waals surface area contributed by atoms with Gasteiger partial charge in [0.05, 0.1) is 6.54 Å². The molecule has 35 heavy (non-hydrogen) atoms. The minimum absolute atomic E-state index is 0.258. The number of aryl methyl sites for hydroxylation is 3. The summed E-state index contributed by atoms with van der Waals surface area (Å²) in [5.41, 5.74) is 4.39. The minimum Gasteiger partial charge on any atom is -0.484 e. The van der Waals surface area contributed by atoms with Gasteiger partial charge in [-0.15, -0.1) is 10.2 Å². The molecule has 0 amide bonds. The fourth-order valence-corrected chi connectivity index (χ4v) is 3.95. The highest BCUT2D eigenvalue weighted by Gasteiger charge is 2.29. The van der Waals surface area contributed by atoms with Gasteiger partial charge in [-0.25, -0.2) is 0 Å². The summed E-state index contributed by atoms with van der Waals surface area (Å²) in [5, 5.41) is 12.5. The van der Waals surface area contributed by atoms with E-state index in [1.54, 1.807) is 20.8 Å². The van der Waals surface area contributed by atoms with Crippen LogP contribution in [-0.4, -0.2) is 40.1 Å². The fraction of sp³-hybridized carbons (Fsp3) is 0.320. The second kappa shape index (κ2) is 9.91. The molecule has 0 bridgehead atoms. The van der Waals surface area contributed by atoms with E-state index in [0.29, 0.717) is 53.0 Å². The van der Waals surface area contributed by atoms with E-state index in [2.05, 4.69) is 15.4 Å². The molecule has 0 spiro atoms. The van der Waals surface area contributed by atoms with Crippen LogP contribution in [0.15, 0.2) is 51.4 Å². The van der Waals surface area contributed by atoms with Crippen LogP contribution in [0.3, 0.4) is 0 Å². The molecule has 0 saturated heterocycles. The molecule has 2 heterocycles. The van der Waals surface area contributed by atoms with Crippen molar-refractivity contribution in [1.29, 1.82) is 0 Å². The second-order valence-electron chi connectivity index (χ2n) is 8.46. The van der Waals surface area contributed by atoms with Crippen molar-refractivity contribution in [2.75, 3.05) is 13.7 Å². The fourth-order valence-electron chi connectivity index (χ4n) is 3.95. The van der Waals surface area contributed by atoms with Crippen molar-refractivity contribution in [1.82, 2.24) is 20.3 Å². The quantitative estimate of drug-likeness (QED) is 0.307. The molecule has 0 atom stereocenters. The zero-order valence-electron chi connectivity index (χ0n) is 19.8. The Bertz CT molecular complexity index is 1280. The topological polar surface area (TPSA) is 77.4 Å². The summed E-state index contributed by atoms with van der Waals surface area (Å²) in [6, 6.07) is 13.2. The SMILES string of the molecule is Cc1cc(CN(C)Cc2nnc(-c3c(-c4ccccc4)noc3C)o2)cc(C)c1OCC(F)(F)F. The van der Waals surface area contributed by atoms with Crippen molar-refractivity contribution < 1.29 is 26.8 Å². The zero-order valence-corrected chi connectivity index (χ0v) is 19.8. The lowest BCUT2D eigenvalue weighted by molar-refractivity contribution is -0.153. The Morgan fingerprint density at radius 2 is 1.66 bits per heavy atom. The number of hydrogen-bond acceptors (Lipinski definition) is 7. The standard InChI is InChI=1S/C25H25F3N4O3/c1-15-10-18(11-16(2)23(15)33-14-25(26,27)28)12-32(4)13-20-29-30-24(34-20)21-17(3)35-31-22(21)19-8-6-5-7-9-19/h5-11H,12-14H2,1-4H3. The van der Waals surface area contributed by atoms with E-state index >= 15 is 0 Å². The first kappa shape index (κ1) is 24.5. The minimum atomic E-state index is -4.38. The van der Waals surface area contributed by atoms with Crippen LogP contribution in [0.2, 0.25) is 0 Å². The van der Waals surface area contributed by atoms with Gasteiger partial charge in [0.1, 0.15) is 22.8 Å². The van der Waals surface area contributed by atoms with Crippen LogP contribution < -0.4 is 4.74 Å². The Morgan fingerprint density at radius 3 is 2.31 bits per heavy atom. The molecule has 4 aromatic rings. The average molecular weight is 486 g/mol. The van der Waals surface area contributed by atoms with Gasteiger partial charge in [0.25, 0.3) is 5.89 Å². The Kier molecular flexibility index (Phi) is 6.93. The smallest absolute Gasteiger partial charge is 0.422 e. The van der Waals surface area contributed by atoms with Crippen molar-refractivity contribution in [2.45, 2.75) is 40.0 Å². The second-order valence-corrected chi connectivity index (χ2v) is 8.46. The van der Waals surface area contributed by atoms with E-state index in [1.165, 1.54) is 0 Å². The van der Waals surface area contributed by atoms with Gasteiger partial charge in [0.15, 0.2) is 6.61 Å². The Morgan fingerprint density at radius 1 is 0.971 bits per heavy atom. The van der Waals surface area contributed by atoms with Crippen molar-refractivity contribution >= 4 is 0 Å². The molecule has 0 unspecified atom stereocenters. The van der Waals surface area contributed by atoms with Crippen molar-refractivity contribution in [2.24, 2.45) is 0 Å². The summed E-state index contributed by atoms with van der Waals surface area (Å²) in [6.07, 6.45) is -4.38. The van der Waals surface area contributed by atoms with Gasteiger partial charge in [0.2, 0.25) is 5.89 Å². The monoisotopic (exact) mass is 486 g/mol. The highest BCUT2D eigenvalue weighted by atomic mass is 19.4. The normalized spacial score (nSPS) is 11.9. The van der Waals surface area contributed by atoms with Gasteiger partial charge in [-0.2, -0.15) is 13.2 Å². The number of aromatic nitrogens is 3. The highest BCUT2D eigenvalue weighted by Crippen LogP contribution is 2.33. The van der Waals surface area contributed by atoms with Crippen LogP contribution in [0, 0.1) is 20.8 Å². The molecule has 4 rings (SSSR count). The Labute approximate surface area is 200 Å². The number of hydrogen-bond donors (Lipinski definition) is 0. The molecule has 7 nitrogen and oxygen atoms in total. The van der Waals surface area contributed by atoms with Crippen molar-refractivity contribution in [3.8, 4) is 28.5 Å². The van der Waals surface area contributed by atoms with Gasteiger partial charge in [-0.05, 0) is 44.5 Å². The molecule has 0 radical (unpaired) electrons. The predicted octanol–water partition coefficient (Wildman–Crippen LogP) is 5.89. The van der Waals surface area contributed by atoms with E-state index in [0.717, 1.165) is 11.1 Å². The summed E-state index contributed by atoms with van der Waals surface area (Å²) in [4.78, 5) is 1.97. The van der Waals surface area contributed by atoms with Crippen molar-refractivity contribution in [3.05, 3.63) is 70.8 Å². The molecule has 2 aromatic carbocycles. The molecule has 10 heteroatoms. The number of benzene rings is 2. The third kappa shape index (κ3) is 5.89. The first-order valence-electron chi connectivity index (χ1n) is 10.9. The zero-order chi connectivity index (χ0) is 25.2. The average Bonchev–Trinajstić information content (AvgIpc) is 3.38. The van der Waals surface area contributed by atoms with Gasteiger partial charge < -0.3 is 13.7 Å². The van der Waals surface area contributed by atoms with E-state index in [4.69, 9.17) is 13.7 Å². The van der Waals surface area contributed by atoms with Gasteiger partial charge in [-0.1, -0.05) is 47.6 Å². The maximum absolute atomic E-state index is 12.5. The molecule has 0 saturated carbocycles. The third-order valence-corrected chi connectivity index (χ3v) is 5.35. The number of nitrogens with zero attached hydrogens (tertiary/aromatic N) is 4. The lowest BCUT2D eigenvalue weighted by atomic mass is 10.1. The number of ether oxygens (including phenoxy) is 1. The van der Waals surface area contributed by atoms with Gasteiger partial charge in [0, 0.05) is 12.1 Å². The lowest BCUT2D eigenvalue weighted by Gasteiger charge is -2.18. The molecule has 0 N–H and O–H groups in total. The first-order chi connectivity index (χ1) is 16.6. The Balaban J connectivity index is 1.45. The number of alkyl halides is 3. The molecule has 0 aliphatic carbocycles. The molecule has 0 aliphatic rings. The summed E-state index contributed by atoms with van der Waals surface area (Å²) < 4.78 is 53.9. The van der Waals surface area contributed by atoms with E-state index in [9.17, 15) is 13.2 Å². The molecular formula is C25H25F3N4O3. The summed E-state index contributed by atoms with van der Waals surface area (Å²) in [6.45, 7) is 4.85. The van der Waals surface area contributed by atoms with Gasteiger partial charge in [-0.3, -0.25) is 4.90 Å². The van der Waals surface area contributed by atoms with E-state index in [1.807, 2.05) is 54.4 Å². The maximum atomic E-state index is 12.5. The molecular weight excluding hydrogens is 461 g/mol. The van der Waals surface area contributed by atoms with E-state index in [-0.39, 0.29) is 5.75 Å². The summed E-state index contributed by atoms with van der Waals surface area (Å²) >= 11 is 0. The van der Waals surface area contributed by atoms with Crippen LogP contribution in [0.1, 0.15) is 28.3 Å². The van der Waals surface area contributed by atoms with Crippen molar-refractivity contribution in [3.63, 3.8) is 0 Å². The number of halogens is 3. The third-order valence-electron chi connectivity index (χ3n) is 5.35. The number of rotatable bonds is 8. The molecule has 184 valence electrons. The summed E-state index contributed by atoms with van der Waals surface area (Å²) in [7, 11) is 1.89.